The number of benzene rings is 1. The Bertz CT molecular complexity index is 592. The van der Waals surface area contributed by atoms with E-state index in [1.807, 2.05) is 0 Å². The second-order valence-electron chi connectivity index (χ2n) is 4.50. The molecular weight excluding hydrogens is 294 g/mol. The van der Waals surface area contributed by atoms with Crippen LogP contribution < -0.4 is 0 Å². The maximum atomic E-state index is 11.9. The number of ether oxygens (including phenoxy) is 2. The highest BCUT2D eigenvalue weighted by Crippen LogP contribution is 2.14. The molecule has 0 radical (unpaired) electrons. The van der Waals surface area contributed by atoms with Crippen molar-refractivity contribution < 1.29 is 29.1 Å². The van der Waals surface area contributed by atoms with Gasteiger partial charge in [0.05, 0.1) is 10.5 Å². The highest BCUT2D eigenvalue weighted by Gasteiger charge is 2.25. The Balaban J connectivity index is 2.80. The second-order valence-corrected chi connectivity index (χ2v) is 4.50. The third-order valence-corrected chi connectivity index (χ3v) is 2.50. The smallest absolute Gasteiger partial charge is 0.341 e. The summed E-state index contributed by atoms with van der Waals surface area (Å²) in [6.45, 7) is 6.05. The van der Waals surface area contributed by atoms with Crippen molar-refractivity contribution in [3.8, 4) is 0 Å². The Hall–Kier alpha value is -2.74. The van der Waals surface area contributed by atoms with E-state index in [4.69, 9.17) is 9.47 Å². The fourth-order valence-corrected chi connectivity index (χ4v) is 1.32. The molecule has 0 spiro atoms. The first-order valence-corrected chi connectivity index (χ1v) is 6.22. The summed E-state index contributed by atoms with van der Waals surface area (Å²) < 4.78 is 9.66. The highest BCUT2D eigenvalue weighted by molar-refractivity contribution is 5.90. The van der Waals surface area contributed by atoms with Crippen LogP contribution in [-0.4, -0.2) is 34.4 Å². The van der Waals surface area contributed by atoms with Gasteiger partial charge in [0.25, 0.3) is 12.0 Å². The van der Waals surface area contributed by atoms with Crippen LogP contribution in [0.15, 0.2) is 36.4 Å². The van der Waals surface area contributed by atoms with Crippen molar-refractivity contribution >= 4 is 17.6 Å². The molecule has 8 nitrogen and oxygen atoms in total. The highest BCUT2D eigenvalue weighted by atomic mass is 16.7. The average Bonchev–Trinajstić information content (AvgIpc) is 2.46. The molecule has 1 aromatic carbocycles. The van der Waals surface area contributed by atoms with Gasteiger partial charge in [-0.2, -0.15) is 0 Å². The molecular formula is C14H15NO7. The maximum Gasteiger partial charge on any atom is 0.341 e. The van der Waals surface area contributed by atoms with Crippen molar-refractivity contribution in [2.45, 2.75) is 26.2 Å². The Kier molecular flexibility index (Phi) is 5.76. The molecule has 2 atom stereocenters. The zero-order valence-electron chi connectivity index (χ0n) is 12.0. The molecule has 0 aliphatic heterocycles. The van der Waals surface area contributed by atoms with Crippen molar-refractivity contribution in [3.05, 3.63) is 52.1 Å². The minimum Gasteiger partial charge on any atom is -0.419 e. The van der Waals surface area contributed by atoms with Gasteiger partial charge in [-0.25, -0.2) is 9.59 Å². The summed E-state index contributed by atoms with van der Waals surface area (Å²) in [4.78, 5) is 33.2. The van der Waals surface area contributed by atoms with E-state index >= 15 is 0 Å². The first-order valence-electron chi connectivity index (χ1n) is 6.22. The number of aliphatic hydroxyl groups excluding tert-OH is 1. The first kappa shape index (κ1) is 17.3. The predicted molar refractivity (Wildman–Crippen MR) is 74.9 cm³/mol. The molecule has 0 bridgehead atoms. The summed E-state index contributed by atoms with van der Waals surface area (Å²) in [7, 11) is 0. The number of esters is 2. The molecule has 0 aliphatic rings. The number of aliphatic hydroxyl groups is 1. The zero-order valence-corrected chi connectivity index (χ0v) is 12.0. The topological polar surface area (TPSA) is 116 Å². The molecule has 0 saturated carbocycles. The Morgan fingerprint density at radius 1 is 1.27 bits per heavy atom. The lowest BCUT2D eigenvalue weighted by Crippen LogP contribution is -2.34. The molecule has 118 valence electrons. The standard InChI is InChI=1S/C14H15NO7/c1-8(2)12(17)21-14(9(3)16)22-13(18)10-4-6-11(7-5-10)15(19)20/h4-7,9,14,16H,1H2,2-3H3. The fourth-order valence-electron chi connectivity index (χ4n) is 1.32. The van der Waals surface area contributed by atoms with Crippen LogP contribution in [0.3, 0.4) is 0 Å². The van der Waals surface area contributed by atoms with Gasteiger partial charge in [0.2, 0.25) is 0 Å². The predicted octanol–water partition coefficient (Wildman–Crippen LogP) is 1.58. The number of nitro groups is 1. The molecule has 0 fully saturated rings. The van der Waals surface area contributed by atoms with Crippen molar-refractivity contribution in [2.24, 2.45) is 0 Å². The van der Waals surface area contributed by atoms with Gasteiger partial charge < -0.3 is 14.6 Å². The molecule has 8 heteroatoms. The van der Waals surface area contributed by atoms with Crippen LogP contribution in [0.5, 0.6) is 0 Å². The van der Waals surface area contributed by atoms with Gasteiger partial charge in [-0.05, 0) is 26.0 Å². The summed E-state index contributed by atoms with van der Waals surface area (Å²) in [5, 5.41) is 20.0. The number of nitro benzene ring substituents is 1. The number of hydrogen-bond donors (Lipinski definition) is 1. The van der Waals surface area contributed by atoms with Crippen LogP contribution in [0.25, 0.3) is 0 Å². The van der Waals surface area contributed by atoms with E-state index in [0.29, 0.717) is 0 Å². The molecule has 1 N–H and O–H groups in total. The van der Waals surface area contributed by atoms with E-state index < -0.39 is 29.3 Å². The lowest BCUT2D eigenvalue weighted by Gasteiger charge is -2.20. The van der Waals surface area contributed by atoms with Crippen molar-refractivity contribution in [1.29, 1.82) is 0 Å². The van der Waals surface area contributed by atoms with Crippen molar-refractivity contribution in [3.63, 3.8) is 0 Å². The molecule has 1 aromatic rings. The van der Waals surface area contributed by atoms with Crippen LogP contribution in [0.4, 0.5) is 5.69 Å². The summed E-state index contributed by atoms with van der Waals surface area (Å²) in [5.74, 6) is -1.71. The summed E-state index contributed by atoms with van der Waals surface area (Å²) >= 11 is 0. The van der Waals surface area contributed by atoms with Gasteiger partial charge in [0.1, 0.15) is 6.10 Å². The van der Waals surface area contributed by atoms with Gasteiger partial charge in [-0.3, -0.25) is 10.1 Å². The first-order chi connectivity index (χ1) is 10.2. The number of carbonyl (C=O) groups is 2. The summed E-state index contributed by atoms with van der Waals surface area (Å²) in [5.41, 5.74) is -0.0861. The van der Waals surface area contributed by atoms with Crippen LogP contribution in [-0.2, 0) is 14.3 Å². The van der Waals surface area contributed by atoms with Gasteiger partial charge in [-0.15, -0.1) is 0 Å². The van der Waals surface area contributed by atoms with Crippen LogP contribution in [0, 0.1) is 10.1 Å². The molecule has 0 amide bonds. The third kappa shape index (κ3) is 4.67. The lowest BCUT2D eigenvalue weighted by atomic mass is 10.2. The minimum atomic E-state index is -1.51. The van der Waals surface area contributed by atoms with Crippen LogP contribution in [0.2, 0.25) is 0 Å². The average molecular weight is 309 g/mol. The number of carbonyl (C=O) groups excluding carboxylic acids is 2. The molecule has 0 aliphatic carbocycles. The van der Waals surface area contributed by atoms with E-state index in [0.717, 1.165) is 12.1 Å². The van der Waals surface area contributed by atoms with Gasteiger partial charge in [-0.1, -0.05) is 6.58 Å². The number of nitrogens with zero attached hydrogens (tertiary/aromatic N) is 1. The maximum absolute atomic E-state index is 11.9. The fraction of sp³-hybridized carbons (Fsp3) is 0.286. The summed E-state index contributed by atoms with van der Waals surface area (Å²) in [6.07, 6.45) is -2.77. The number of rotatable bonds is 6. The number of hydrogen-bond acceptors (Lipinski definition) is 7. The van der Waals surface area contributed by atoms with E-state index in [9.17, 15) is 24.8 Å². The largest absolute Gasteiger partial charge is 0.419 e. The molecule has 0 aromatic heterocycles. The molecule has 0 heterocycles. The van der Waals surface area contributed by atoms with Gasteiger partial charge in [0.15, 0.2) is 0 Å². The minimum absolute atomic E-state index is 0.0163. The summed E-state index contributed by atoms with van der Waals surface area (Å²) in [6, 6.07) is 4.65. The lowest BCUT2D eigenvalue weighted by molar-refractivity contribution is -0.384. The monoisotopic (exact) mass is 309 g/mol. The van der Waals surface area contributed by atoms with Gasteiger partial charge in [0, 0.05) is 17.7 Å². The Morgan fingerprint density at radius 2 is 1.82 bits per heavy atom. The van der Waals surface area contributed by atoms with E-state index in [1.165, 1.54) is 26.0 Å². The molecule has 22 heavy (non-hydrogen) atoms. The zero-order chi connectivity index (χ0) is 16.9. The molecule has 0 saturated heterocycles. The Labute approximate surface area is 126 Å². The van der Waals surface area contributed by atoms with E-state index in [2.05, 4.69) is 6.58 Å². The van der Waals surface area contributed by atoms with E-state index in [-0.39, 0.29) is 16.8 Å². The van der Waals surface area contributed by atoms with Crippen LogP contribution in [0.1, 0.15) is 24.2 Å². The van der Waals surface area contributed by atoms with Gasteiger partial charge >= 0.3 is 11.9 Å². The quantitative estimate of drug-likeness (QED) is 0.279. The van der Waals surface area contributed by atoms with Crippen molar-refractivity contribution in [1.82, 2.24) is 0 Å². The Morgan fingerprint density at radius 3 is 2.23 bits per heavy atom. The number of non-ortho nitro benzene ring substituents is 1. The van der Waals surface area contributed by atoms with Crippen LogP contribution >= 0.6 is 0 Å². The second kappa shape index (κ2) is 7.32. The molecule has 1 rings (SSSR count). The van der Waals surface area contributed by atoms with Crippen molar-refractivity contribution in [2.75, 3.05) is 0 Å². The third-order valence-electron chi connectivity index (χ3n) is 2.50. The SMILES string of the molecule is C=C(C)C(=O)OC(OC(=O)c1ccc([N+](=O)[O-])cc1)C(C)O. The molecule has 2 unspecified atom stereocenters. The van der Waals surface area contributed by atoms with E-state index in [1.54, 1.807) is 0 Å². The normalized spacial score (nSPS) is 12.9.